The van der Waals surface area contributed by atoms with Crippen LogP contribution >= 0.6 is 0 Å². The van der Waals surface area contributed by atoms with Gasteiger partial charge in [-0.1, -0.05) is 37.3 Å². The normalized spacial score (nSPS) is 17.0. The zero-order valence-corrected chi connectivity index (χ0v) is 10.2. The first-order valence-electron chi connectivity index (χ1n) is 5.82. The van der Waals surface area contributed by atoms with Crippen LogP contribution in [0.25, 0.3) is 0 Å². The standard InChI is InChI=1S/C15H20O/c1-4-7-14(8-5-2)16-15-11-9-13(6-3)10-12-15/h4-5,7-9,11H,1,6,10,12H2,2-3H3/b8-5-,14-7+. The van der Waals surface area contributed by atoms with Crippen molar-refractivity contribution in [2.24, 2.45) is 0 Å². The van der Waals surface area contributed by atoms with E-state index in [1.807, 2.05) is 25.2 Å². The largest absolute Gasteiger partial charge is 0.462 e. The molecule has 0 radical (unpaired) electrons. The second-order valence-electron chi connectivity index (χ2n) is 3.72. The van der Waals surface area contributed by atoms with E-state index in [2.05, 4.69) is 25.7 Å². The van der Waals surface area contributed by atoms with Crippen molar-refractivity contribution in [1.29, 1.82) is 0 Å². The maximum absolute atomic E-state index is 5.78. The molecule has 1 heteroatoms. The second kappa shape index (κ2) is 6.89. The molecule has 1 aliphatic rings. The van der Waals surface area contributed by atoms with E-state index < -0.39 is 0 Å². The van der Waals surface area contributed by atoms with Crippen LogP contribution in [0.4, 0.5) is 0 Å². The Morgan fingerprint density at radius 2 is 2.25 bits per heavy atom. The molecule has 0 amide bonds. The molecule has 0 spiro atoms. The highest BCUT2D eigenvalue weighted by Gasteiger charge is 2.06. The van der Waals surface area contributed by atoms with Crippen molar-refractivity contribution in [1.82, 2.24) is 0 Å². The molecule has 0 aromatic rings. The fraction of sp³-hybridized carbons (Fsp3) is 0.333. The Balaban J connectivity index is 2.67. The third-order valence-corrected chi connectivity index (χ3v) is 2.51. The molecule has 1 aliphatic carbocycles. The summed E-state index contributed by atoms with van der Waals surface area (Å²) >= 11 is 0. The summed E-state index contributed by atoms with van der Waals surface area (Å²) in [4.78, 5) is 0. The number of hydrogen-bond acceptors (Lipinski definition) is 1. The lowest BCUT2D eigenvalue weighted by molar-refractivity contribution is 0.302. The van der Waals surface area contributed by atoms with Gasteiger partial charge in [0.05, 0.1) is 0 Å². The van der Waals surface area contributed by atoms with E-state index in [4.69, 9.17) is 4.74 Å². The van der Waals surface area contributed by atoms with Gasteiger partial charge in [-0.15, -0.1) is 0 Å². The Morgan fingerprint density at radius 1 is 1.44 bits per heavy atom. The predicted octanol–water partition coefficient (Wildman–Crippen LogP) is 4.66. The van der Waals surface area contributed by atoms with Crippen molar-refractivity contribution in [3.63, 3.8) is 0 Å². The molecule has 0 atom stereocenters. The van der Waals surface area contributed by atoms with Crippen LogP contribution in [0.2, 0.25) is 0 Å². The molecule has 0 aromatic heterocycles. The van der Waals surface area contributed by atoms with Gasteiger partial charge < -0.3 is 4.74 Å². The SMILES string of the molecule is C=C/C=C(\C=C/C)OC1=CC=C(CC)CC1. The lowest BCUT2D eigenvalue weighted by atomic mass is 10.0. The molecule has 0 saturated carbocycles. The topological polar surface area (TPSA) is 9.23 Å². The molecule has 0 N–H and O–H groups in total. The summed E-state index contributed by atoms with van der Waals surface area (Å²) in [6, 6.07) is 0. The molecule has 0 bridgehead atoms. The highest BCUT2D eigenvalue weighted by atomic mass is 16.5. The van der Waals surface area contributed by atoms with Crippen molar-refractivity contribution in [2.75, 3.05) is 0 Å². The van der Waals surface area contributed by atoms with E-state index in [9.17, 15) is 0 Å². The Morgan fingerprint density at radius 3 is 2.75 bits per heavy atom. The predicted molar refractivity (Wildman–Crippen MR) is 69.9 cm³/mol. The van der Waals surface area contributed by atoms with Gasteiger partial charge in [0.25, 0.3) is 0 Å². The van der Waals surface area contributed by atoms with Crippen LogP contribution in [0.5, 0.6) is 0 Å². The van der Waals surface area contributed by atoms with Gasteiger partial charge in [-0.05, 0) is 38.0 Å². The van der Waals surface area contributed by atoms with Gasteiger partial charge in [0.15, 0.2) is 0 Å². The van der Waals surface area contributed by atoms with Crippen LogP contribution in [0.15, 0.2) is 60.1 Å². The first-order chi connectivity index (χ1) is 7.80. The summed E-state index contributed by atoms with van der Waals surface area (Å²) in [6.45, 7) is 7.85. The average Bonchev–Trinajstić information content (AvgIpc) is 2.31. The summed E-state index contributed by atoms with van der Waals surface area (Å²) in [7, 11) is 0. The van der Waals surface area contributed by atoms with Gasteiger partial charge in [-0.25, -0.2) is 0 Å². The van der Waals surface area contributed by atoms with E-state index in [0.29, 0.717) is 0 Å². The number of allylic oxidation sites excluding steroid dienone is 8. The maximum atomic E-state index is 5.78. The smallest absolute Gasteiger partial charge is 0.126 e. The third-order valence-electron chi connectivity index (χ3n) is 2.51. The van der Waals surface area contributed by atoms with Crippen molar-refractivity contribution in [3.8, 4) is 0 Å². The van der Waals surface area contributed by atoms with Crippen molar-refractivity contribution in [3.05, 3.63) is 60.1 Å². The molecule has 0 aliphatic heterocycles. The molecule has 0 heterocycles. The molecule has 86 valence electrons. The van der Waals surface area contributed by atoms with Crippen LogP contribution in [-0.4, -0.2) is 0 Å². The van der Waals surface area contributed by atoms with Gasteiger partial charge in [-0.2, -0.15) is 0 Å². The van der Waals surface area contributed by atoms with Gasteiger partial charge in [0.2, 0.25) is 0 Å². The van der Waals surface area contributed by atoms with E-state index in [-0.39, 0.29) is 0 Å². The lowest BCUT2D eigenvalue weighted by Gasteiger charge is -2.15. The zero-order valence-electron chi connectivity index (χ0n) is 10.2. The Bertz CT molecular complexity index is 354. The molecule has 0 fully saturated rings. The van der Waals surface area contributed by atoms with Gasteiger partial charge in [0.1, 0.15) is 11.5 Å². The fourth-order valence-electron chi connectivity index (χ4n) is 1.60. The summed E-state index contributed by atoms with van der Waals surface area (Å²) in [5.41, 5.74) is 1.49. The molecule has 16 heavy (non-hydrogen) atoms. The lowest BCUT2D eigenvalue weighted by Crippen LogP contribution is -1.97. The molecule has 0 unspecified atom stereocenters. The molecular formula is C15H20O. The average molecular weight is 216 g/mol. The maximum Gasteiger partial charge on any atom is 0.126 e. The molecule has 1 rings (SSSR count). The van der Waals surface area contributed by atoms with Crippen LogP contribution in [-0.2, 0) is 4.74 Å². The monoisotopic (exact) mass is 216 g/mol. The molecule has 0 aromatic carbocycles. The molecular weight excluding hydrogens is 196 g/mol. The summed E-state index contributed by atoms with van der Waals surface area (Å²) in [6.07, 6.45) is 15.0. The number of hydrogen-bond donors (Lipinski definition) is 0. The van der Waals surface area contributed by atoms with E-state index >= 15 is 0 Å². The summed E-state index contributed by atoms with van der Waals surface area (Å²) < 4.78 is 5.78. The van der Waals surface area contributed by atoms with E-state index in [1.165, 1.54) is 5.57 Å². The minimum atomic E-state index is 0.845. The Hall–Kier alpha value is -1.50. The minimum absolute atomic E-state index is 0.845. The summed E-state index contributed by atoms with van der Waals surface area (Å²) in [5.74, 6) is 1.88. The Kier molecular flexibility index (Phi) is 5.41. The highest BCUT2D eigenvalue weighted by molar-refractivity contribution is 5.24. The fourth-order valence-corrected chi connectivity index (χ4v) is 1.60. The van der Waals surface area contributed by atoms with Gasteiger partial charge in [-0.3, -0.25) is 0 Å². The van der Waals surface area contributed by atoms with Crippen molar-refractivity contribution in [2.45, 2.75) is 33.1 Å². The number of rotatable bonds is 5. The van der Waals surface area contributed by atoms with Gasteiger partial charge in [0, 0.05) is 6.42 Å². The minimum Gasteiger partial charge on any atom is -0.462 e. The van der Waals surface area contributed by atoms with Crippen molar-refractivity contribution < 1.29 is 4.74 Å². The molecule has 1 nitrogen and oxygen atoms in total. The first-order valence-corrected chi connectivity index (χ1v) is 5.82. The van der Waals surface area contributed by atoms with E-state index in [0.717, 1.165) is 30.8 Å². The highest BCUT2D eigenvalue weighted by Crippen LogP contribution is 2.23. The third kappa shape index (κ3) is 3.93. The van der Waals surface area contributed by atoms with Crippen LogP contribution in [0.1, 0.15) is 33.1 Å². The Labute approximate surface area is 98.5 Å². The first kappa shape index (κ1) is 12.6. The molecule has 0 saturated heterocycles. The van der Waals surface area contributed by atoms with Gasteiger partial charge >= 0.3 is 0 Å². The quantitative estimate of drug-likeness (QED) is 0.479. The second-order valence-corrected chi connectivity index (χ2v) is 3.72. The van der Waals surface area contributed by atoms with Crippen molar-refractivity contribution >= 4 is 0 Å². The zero-order chi connectivity index (χ0) is 11.8. The van der Waals surface area contributed by atoms with Crippen LogP contribution in [0.3, 0.4) is 0 Å². The summed E-state index contributed by atoms with van der Waals surface area (Å²) in [5, 5.41) is 0. The number of ether oxygens (including phenoxy) is 1. The van der Waals surface area contributed by atoms with Crippen LogP contribution < -0.4 is 0 Å². The van der Waals surface area contributed by atoms with E-state index in [1.54, 1.807) is 6.08 Å². The van der Waals surface area contributed by atoms with Crippen LogP contribution in [0, 0.1) is 0 Å².